The lowest BCUT2D eigenvalue weighted by Gasteiger charge is -2.09. The first-order chi connectivity index (χ1) is 12.8. The Kier molecular flexibility index (Phi) is 10.0. The maximum atomic E-state index is 11.8. The molecule has 0 saturated heterocycles. The zero-order chi connectivity index (χ0) is 20.2. The number of carboxylic acid groups (broad SMARTS) is 1. The minimum atomic E-state index is -1.06. The number of anilines is 1. The molecule has 3 N–H and O–H groups in total. The number of benzene rings is 2. The molecule has 0 spiro atoms. The third-order valence-electron chi connectivity index (χ3n) is 2.76. The molecule has 2 rings (SSSR count). The van der Waals surface area contributed by atoms with Crippen LogP contribution in [0, 0.1) is 0 Å². The van der Waals surface area contributed by atoms with Crippen LogP contribution in [0.2, 0.25) is 10.0 Å². The fourth-order valence-electron chi connectivity index (χ4n) is 1.69. The van der Waals surface area contributed by atoms with Crippen molar-refractivity contribution >= 4 is 40.8 Å². The number of amides is 1. The van der Waals surface area contributed by atoms with Crippen molar-refractivity contribution in [3.8, 4) is 11.5 Å². The lowest BCUT2D eigenvalue weighted by atomic mass is 10.3. The Hall–Kier alpha value is -2.48. The summed E-state index contributed by atoms with van der Waals surface area (Å²) in [6, 6.07) is 11.0. The van der Waals surface area contributed by atoms with Gasteiger partial charge in [-0.2, -0.15) is 0 Å². The standard InChI is InChI=1S/C16H13Cl2NO5.C2H6O/c17-13-6-5-12(7-14(13)18)23-8-15(20)19-10-1-3-11(4-2-10)24-9-16(21)22;1-2-3/h1-7H,8-9H2,(H,19,20)(H,21,22);3H,2H2,1H3. The highest BCUT2D eigenvalue weighted by Crippen LogP contribution is 2.26. The summed E-state index contributed by atoms with van der Waals surface area (Å²) in [7, 11) is 0. The van der Waals surface area contributed by atoms with E-state index in [9.17, 15) is 9.59 Å². The third kappa shape index (κ3) is 9.14. The van der Waals surface area contributed by atoms with Crippen LogP contribution in [0.1, 0.15) is 6.92 Å². The molecule has 7 nitrogen and oxygen atoms in total. The summed E-state index contributed by atoms with van der Waals surface area (Å²) in [6.45, 7) is 1.30. The summed E-state index contributed by atoms with van der Waals surface area (Å²) in [5.41, 5.74) is 0.528. The van der Waals surface area contributed by atoms with E-state index in [2.05, 4.69) is 5.32 Å². The monoisotopic (exact) mass is 415 g/mol. The number of carbonyl (C=O) groups is 2. The van der Waals surface area contributed by atoms with E-state index in [1.807, 2.05) is 0 Å². The van der Waals surface area contributed by atoms with E-state index in [4.69, 9.17) is 42.9 Å². The zero-order valence-electron chi connectivity index (χ0n) is 14.4. The highest BCUT2D eigenvalue weighted by atomic mass is 35.5. The summed E-state index contributed by atoms with van der Waals surface area (Å²) in [4.78, 5) is 22.2. The van der Waals surface area contributed by atoms with Gasteiger partial charge in [0.2, 0.25) is 0 Å². The molecule has 0 fully saturated rings. The fraction of sp³-hybridized carbons (Fsp3) is 0.222. The van der Waals surface area contributed by atoms with Crippen LogP contribution in [0.4, 0.5) is 5.69 Å². The maximum absolute atomic E-state index is 11.8. The highest BCUT2D eigenvalue weighted by molar-refractivity contribution is 6.42. The van der Waals surface area contributed by atoms with Gasteiger partial charge in [0.1, 0.15) is 11.5 Å². The molecule has 0 aliphatic rings. The Morgan fingerprint density at radius 2 is 1.52 bits per heavy atom. The van der Waals surface area contributed by atoms with Crippen LogP contribution < -0.4 is 14.8 Å². The number of aliphatic hydroxyl groups is 1. The molecule has 0 saturated carbocycles. The first kappa shape index (κ1) is 22.6. The van der Waals surface area contributed by atoms with Crippen molar-refractivity contribution in [2.75, 3.05) is 25.1 Å². The van der Waals surface area contributed by atoms with Gasteiger partial charge in [-0.05, 0) is 43.3 Å². The Bertz CT molecular complexity index is 752. The van der Waals surface area contributed by atoms with Gasteiger partial charge in [-0.3, -0.25) is 4.79 Å². The summed E-state index contributed by atoms with van der Waals surface area (Å²) < 4.78 is 10.3. The number of nitrogens with one attached hydrogen (secondary N) is 1. The molecule has 0 bridgehead atoms. The van der Waals surface area contributed by atoms with E-state index in [0.717, 1.165) is 0 Å². The lowest BCUT2D eigenvalue weighted by Crippen LogP contribution is -2.20. The zero-order valence-corrected chi connectivity index (χ0v) is 16.0. The average Bonchev–Trinajstić information content (AvgIpc) is 2.63. The second-order valence-electron chi connectivity index (χ2n) is 4.94. The number of aliphatic hydroxyl groups excluding tert-OH is 1. The van der Waals surface area contributed by atoms with Crippen LogP contribution in [-0.2, 0) is 9.59 Å². The van der Waals surface area contributed by atoms with Crippen molar-refractivity contribution in [1.82, 2.24) is 0 Å². The van der Waals surface area contributed by atoms with Crippen LogP contribution in [0.25, 0.3) is 0 Å². The van der Waals surface area contributed by atoms with Crippen molar-refractivity contribution in [1.29, 1.82) is 0 Å². The molecule has 0 heterocycles. The van der Waals surface area contributed by atoms with Crippen molar-refractivity contribution in [3.63, 3.8) is 0 Å². The predicted octanol–water partition coefficient (Wildman–Crippen LogP) is 3.47. The molecule has 27 heavy (non-hydrogen) atoms. The SMILES string of the molecule is CCO.O=C(O)COc1ccc(NC(=O)COc2ccc(Cl)c(Cl)c2)cc1. The highest BCUT2D eigenvalue weighted by Gasteiger charge is 2.06. The van der Waals surface area contributed by atoms with E-state index in [1.54, 1.807) is 43.3 Å². The number of carbonyl (C=O) groups excluding carboxylic acids is 1. The topological polar surface area (TPSA) is 105 Å². The summed E-state index contributed by atoms with van der Waals surface area (Å²) in [5.74, 6) is -0.605. The molecule has 0 radical (unpaired) electrons. The number of hydrogen-bond donors (Lipinski definition) is 3. The van der Waals surface area contributed by atoms with E-state index < -0.39 is 12.6 Å². The molecule has 1 amide bonds. The van der Waals surface area contributed by atoms with Crippen LogP contribution >= 0.6 is 23.2 Å². The van der Waals surface area contributed by atoms with Crippen LogP contribution in [-0.4, -0.2) is 41.9 Å². The van der Waals surface area contributed by atoms with E-state index in [-0.39, 0.29) is 19.1 Å². The van der Waals surface area contributed by atoms with Gasteiger partial charge >= 0.3 is 5.97 Å². The largest absolute Gasteiger partial charge is 0.484 e. The van der Waals surface area contributed by atoms with Gasteiger partial charge in [-0.15, -0.1) is 0 Å². The van der Waals surface area contributed by atoms with Crippen molar-refractivity contribution in [2.45, 2.75) is 6.92 Å². The quantitative estimate of drug-likeness (QED) is 0.639. The van der Waals surface area contributed by atoms with Crippen molar-refractivity contribution < 1.29 is 29.3 Å². The van der Waals surface area contributed by atoms with Gasteiger partial charge in [0.05, 0.1) is 10.0 Å². The van der Waals surface area contributed by atoms with Gasteiger partial charge in [0.15, 0.2) is 13.2 Å². The first-order valence-electron chi connectivity index (χ1n) is 7.79. The summed E-state index contributed by atoms with van der Waals surface area (Å²) >= 11 is 11.7. The second kappa shape index (κ2) is 12.0. The molecule has 0 aliphatic heterocycles. The minimum Gasteiger partial charge on any atom is -0.484 e. The number of hydrogen-bond acceptors (Lipinski definition) is 5. The number of aliphatic carboxylic acids is 1. The minimum absolute atomic E-state index is 0.199. The molecular weight excluding hydrogens is 397 g/mol. The van der Waals surface area contributed by atoms with Gasteiger partial charge in [0, 0.05) is 18.4 Å². The number of ether oxygens (including phenoxy) is 2. The lowest BCUT2D eigenvalue weighted by molar-refractivity contribution is -0.139. The molecule has 0 unspecified atom stereocenters. The maximum Gasteiger partial charge on any atom is 0.341 e. The first-order valence-corrected chi connectivity index (χ1v) is 8.54. The predicted molar refractivity (Wildman–Crippen MR) is 103 cm³/mol. The van der Waals surface area contributed by atoms with Gasteiger partial charge < -0.3 is 25.0 Å². The van der Waals surface area contributed by atoms with E-state index in [1.165, 1.54) is 6.07 Å². The average molecular weight is 416 g/mol. The number of carboxylic acids is 1. The molecule has 2 aromatic carbocycles. The van der Waals surface area contributed by atoms with Gasteiger partial charge in [0.25, 0.3) is 5.91 Å². The second-order valence-corrected chi connectivity index (χ2v) is 5.75. The van der Waals surface area contributed by atoms with Crippen molar-refractivity contribution in [3.05, 3.63) is 52.5 Å². The van der Waals surface area contributed by atoms with Gasteiger partial charge in [-0.1, -0.05) is 23.2 Å². The molecule has 9 heteroatoms. The molecular formula is C18H19Cl2NO6. The van der Waals surface area contributed by atoms with Crippen molar-refractivity contribution in [2.24, 2.45) is 0 Å². The van der Waals surface area contributed by atoms with Crippen LogP contribution in [0.3, 0.4) is 0 Å². The molecule has 146 valence electrons. The Balaban J connectivity index is 0.00000114. The Labute approximate surface area is 166 Å². The molecule has 0 aromatic heterocycles. The fourth-order valence-corrected chi connectivity index (χ4v) is 1.98. The number of halogens is 2. The summed E-state index contributed by atoms with van der Waals surface area (Å²) in [6.07, 6.45) is 0. The summed E-state index contributed by atoms with van der Waals surface area (Å²) in [5, 5.41) is 19.5. The van der Waals surface area contributed by atoms with Crippen LogP contribution in [0.15, 0.2) is 42.5 Å². The van der Waals surface area contributed by atoms with E-state index >= 15 is 0 Å². The number of rotatable bonds is 7. The molecule has 0 atom stereocenters. The third-order valence-corrected chi connectivity index (χ3v) is 3.50. The van der Waals surface area contributed by atoms with Gasteiger partial charge in [-0.25, -0.2) is 4.79 Å². The Morgan fingerprint density at radius 3 is 2.07 bits per heavy atom. The Morgan fingerprint density at radius 1 is 0.963 bits per heavy atom. The molecule has 0 aliphatic carbocycles. The normalized spacial score (nSPS) is 9.63. The molecule has 2 aromatic rings. The smallest absolute Gasteiger partial charge is 0.341 e. The van der Waals surface area contributed by atoms with Crippen LogP contribution in [0.5, 0.6) is 11.5 Å². The van der Waals surface area contributed by atoms with E-state index in [0.29, 0.717) is 27.2 Å².